The van der Waals surface area contributed by atoms with Gasteiger partial charge >= 0.3 is 6.09 Å². The van der Waals surface area contributed by atoms with Gasteiger partial charge in [-0.25, -0.2) is 4.79 Å². The normalized spacial score (nSPS) is 16.0. The summed E-state index contributed by atoms with van der Waals surface area (Å²) in [7, 11) is 1.53. The van der Waals surface area contributed by atoms with Crippen LogP contribution in [0, 0.1) is 16.7 Å². The first-order valence-corrected chi connectivity index (χ1v) is 10.2. The molecule has 0 aliphatic carbocycles. The van der Waals surface area contributed by atoms with Crippen molar-refractivity contribution in [2.75, 3.05) is 20.1 Å². The van der Waals surface area contributed by atoms with E-state index in [1.807, 2.05) is 18.2 Å². The zero-order valence-corrected chi connectivity index (χ0v) is 18.2. The number of nitrogens with one attached hydrogen (secondary N) is 1. The number of nitrogens with zero attached hydrogens (tertiary/aromatic N) is 2. The van der Waals surface area contributed by atoms with Crippen LogP contribution in [0.5, 0.6) is 11.5 Å². The van der Waals surface area contributed by atoms with Crippen molar-refractivity contribution < 1.29 is 19.4 Å². The van der Waals surface area contributed by atoms with Gasteiger partial charge in [0.05, 0.1) is 5.56 Å². The maximum Gasteiger partial charge on any atom is 0.407 e. The van der Waals surface area contributed by atoms with Crippen LogP contribution >= 0.6 is 0 Å². The molecular formula is C24H27N3O4. The molecule has 7 nitrogen and oxygen atoms in total. The van der Waals surface area contributed by atoms with Gasteiger partial charge in [-0.2, -0.15) is 5.26 Å². The highest BCUT2D eigenvalue weighted by atomic mass is 16.5. The number of ether oxygens (including phenoxy) is 1. The Hall–Kier alpha value is -3.53. The number of hydrogen-bond donors (Lipinski definition) is 2. The molecule has 1 atom stereocenters. The van der Waals surface area contributed by atoms with Gasteiger partial charge < -0.3 is 20.1 Å². The second-order valence-corrected chi connectivity index (χ2v) is 8.76. The van der Waals surface area contributed by atoms with Gasteiger partial charge in [0.2, 0.25) is 0 Å². The van der Waals surface area contributed by atoms with E-state index in [0.29, 0.717) is 36.6 Å². The van der Waals surface area contributed by atoms with Crippen LogP contribution < -0.4 is 10.1 Å². The van der Waals surface area contributed by atoms with Crippen molar-refractivity contribution >= 4 is 12.0 Å². The molecule has 0 bridgehead atoms. The molecule has 0 aromatic heterocycles. The Kier molecular flexibility index (Phi) is 6.21. The summed E-state index contributed by atoms with van der Waals surface area (Å²) in [6.45, 7) is 7.22. The maximum atomic E-state index is 11.8. The summed E-state index contributed by atoms with van der Waals surface area (Å²) < 4.78 is 5.99. The Morgan fingerprint density at radius 3 is 2.58 bits per heavy atom. The van der Waals surface area contributed by atoms with Gasteiger partial charge in [0.15, 0.2) is 0 Å². The van der Waals surface area contributed by atoms with Crippen molar-refractivity contribution in [1.29, 1.82) is 5.26 Å². The third kappa shape index (κ3) is 4.80. The highest BCUT2D eigenvalue weighted by molar-refractivity contribution is 5.94. The van der Waals surface area contributed by atoms with Gasteiger partial charge in [0, 0.05) is 31.6 Å². The Morgan fingerprint density at radius 1 is 1.23 bits per heavy atom. The van der Waals surface area contributed by atoms with Gasteiger partial charge in [-0.1, -0.05) is 26.8 Å². The molecule has 1 heterocycles. The minimum absolute atomic E-state index is 0.0525. The van der Waals surface area contributed by atoms with E-state index < -0.39 is 6.09 Å². The fourth-order valence-electron chi connectivity index (χ4n) is 3.90. The third-order valence-electron chi connectivity index (χ3n) is 5.68. The second kappa shape index (κ2) is 8.68. The van der Waals surface area contributed by atoms with Crippen LogP contribution in [0.4, 0.5) is 4.79 Å². The Labute approximate surface area is 182 Å². The molecule has 162 valence electrons. The number of hydrogen-bond acceptors (Lipinski definition) is 4. The van der Waals surface area contributed by atoms with Crippen molar-refractivity contribution in [2.24, 2.45) is 5.41 Å². The van der Waals surface area contributed by atoms with Crippen LogP contribution in [0.1, 0.15) is 53.7 Å². The van der Waals surface area contributed by atoms with Gasteiger partial charge in [-0.3, -0.25) is 4.79 Å². The van der Waals surface area contributed by atoms with Crippen molar-refractivity contribution in [3.63, 3.8) is 0 Å². The molecule has 1 aliphatic rings. The molecule has 1 aliphatic heterocycles. The smallest absolute Gasteiger partial charge is 0.407 e. The first kappa shape index (κ1) is 22.2. The molecule has 0 radical (unpaired) electrons. The SMILES string of the molecule is CNC(=O)c1ccc(Oc2ccc3c(c2)CCN(C(=O)O)CC3C(C)(C)C)c(C#N)c1. The van der Waals surface area contributed by atoms with E-state index in [2.05, 4.69) is 32.2 Å². The molecule has 2 N–H and O–H groups in total. The zero-order valence-electron chi connectivity index (χ0n) is 18.2. The Balaban J connectivity index is 1.94. The molecule has 2 aromatic carbocycles. The number of nitriles is 1. The first-order chi connectivity index (χ1) is 14.6. The fraction of sp³-hybridized carbons (Fsp3) is 0.375. The van der Waals surface area contributed by atoms with Crippen LogP contribution in [0.15, 0.2) is 36.4 Å². The van der Waals surface area contributed by atoms with E-state index in [4.69, 9.17) is 4.74 Å². The number of rotatable bonds is 3. The van der Waals surface area contributed by atoms with E-state index in [1.165, 1.54) is 18.0 Å². The topological polar surface area (TPSA) is 103 Å². The summed E-state index contributed by atoms with van der Waals surface area (Å²) in [6.07, 6.45) is -0.319. The number of benzene rings is 2. The highest BCUT2D eigenvalue weighted by Gasteiger charge is 2.33. The minimum atomic E-state index is -0.909. The number of carbonyl (C=O) groups is 2. The maximum absolute atomic E-state index is 11.8. The second-order valence-electron chi connectivity index (χ2n) is 8.76. The van der Waals surface area contributed by atoms with Gasteiger partial charge in [0.25, 0.3) is 5.91 Å². The van der Waals surface area contributed by atoms with E-state index in [1.54, 1.807) is 12.1 Å². The zero-order chi connectivity index (χ0) is 22.8. The summed E-state index contributed by atoms with van der Waals surface area (Å²) in [6, 6.07) is 12.6. The van der Waals surface area contributed by atoms with Crippen LogP contribution in [-0.2, 0) is 6.42 Å². The molecule has 0 saturated carbocycles. The summed E-state index contributed by atoms with van der Waals surface area (Å²) in [5.74, 6) is 0.712. The van der Waals surface area contributed by atoms with Gasteiger partial charge in [-0.15, -0.1) is 0 Å². The van der Waals surface area contributed by atoms with Crippen molar-refractivity contribution in [1.82, 2.24) is 10.2 Å². The molecule has 0 spiro atoms. The summed E-state index contributed by atoms with van der Waals surface area (Å²) in [5.41, 5.74) is 2.70. The molecule has 2 aromatic rings. The van der Waals surface area contributed by atoms with Crippen molar-refractivity contribution in [3.8, 4) is 17.6 Å². The van der Waals surface area contributed by atoms with E-state index >= 15 is 0 Å². The summed E-state index contributed by atoms with van der Waals surface area (Å²) >= 11 is 0. The van der Waals surface area contributed by atoms with Gasteiger partial charge in [-0.05, 0) is 53.3 Å². The van der Waals surface area contributed by atoms with E-state index in [9.17, 15) is 20.0 Å². The van der Waals surface area contributed by atoms with E-state index in [-0.39, 0.29) is 22.8 Å². The monoisotopic (exact) mass is 421 g/mol. The molecule has 2 amide bonds. The number of carbonyl (C=O) groups excluding carboxylic acids is 1. The fourth-order valence-corrected chi connectivity index (χ4v) is 3.90. The Morgan fingerprint density at radius 2 is 1.97 bits per heavy atom. The summed E-state index contributed by atoms with van der Waals surface area (Å²) in [5, 5.41) is 21.6. The van der Waals surface area contributed by atoms with Gasteiger partial charge in [0.1, 0.15) is 17.6 Å². The molecule has 31 heavy (non-hydrogen) atoms. The molecule has 0 saturated heterocycles. The summed E-state index contributed by atoms with van der Waals surface area (Å²) in [4.78, 5) is 24.9. The van der Waals surface area contributed by atoms with Crippen LogP contribution in [0.3, 0.4) is 0 Å². The molecule has 7 heteroatoms. The van der Waals surface area contributed by atoms with Crippen LogP contribution in [-0.4, -0.2) is 42.1 Å². The number of amides is 2. The Bertz CT molecular complexity index is 1050. The quantitative estimate of drug-likeness (QED) is 0.766. The minimum Gasteiger partial charge on any atom is -0.465 e. The van der Waals surface area contributed by atoms with Crippen LogP contribution in [0.25, 0.3) is 0 Å². The predicted octanol–water partition coefficient (Wildman–Crippen LogP) is 4.38. The highest BCUT2D eigenvalue weighted by Crippen LogP contribution is 2.40. The number of fused-ring (bicyclic) bond motifs is 1. The lowest BCUT2D eigenvalue weighted by atomic mass is 9.75. The molecular weight excluding hydrogens is 394 g/mol. The van der Waals surface area contributed by atoms with Crippen molar-refractivity contribution in [2.45, 2.75) is 33.1 Å². The predicted molar refractivity (Wildman–Crippen MR) is 117 cm³/mol. The third-order valence-corrected chi connectivity index (χ3v) is 5.68. The molecule has 3 rings (SSSR count). The largest absolute Gasteiger partial charge is 0.465 e. The first-order valence-electron chi connectivity index (χ1n) is 10.2. The standard InChI is InChI=1S/C24H27N3O4/c1-24(2,3)20-14-27(23(29)30)10-9-15-12-18(6-7-19(15)20)31-21-8-5-16(22(28)26-4)11-17(21)13-25/h5-8,11-12,20H,9-10,14H2,1-4H3,(H,26,28)(H,29,30). The van der Waals surface area contributed by atoms with Crippen molar-refractivity contribution in [3.05, 3.63) is 58.7 Å². The van der Waals surface area contributed by atoms with E-state index in [0.717, 1.165) is 11.1 Å². The lowest BCUT2D eigenvalue weighted by Gasteiger charge is -2.33. The lowest BCUT2D eigenvalue weighted by molar-refractivity contribution is 0.0963. The molecule has 0 fully saturated rings. The number of carboxylic acid groups (broad SMARTS) is 1. The average molecular weight is 421 g/mol. The lowest BCUT2D eigenvalue weighted by Crippen LogP contribution is -2.36. The average Bonchev–Trinajstić information content (AvgIpc) is 2.93. The van der Waals surface area contributed by atoms with Crippen LogP contribution in [0.2, 0.25) is 0 Å². The molecule has 1 unspecified atom stereocenters.